The molecule has 9 nitrogen and oxygen atoms in total. The van der Waals surface area contributed by atoms with E-state index in [4.69, 9.17) is 4.42 Å². The molecule has 0 bridgehead atoms. The lowest BCUT2D eigenvalue weighted by Gasteiger charge is -2.27. The van der Waals surface area contributed by atoms with Gasteiger partial charge < -0.3 is 18.8 Å². The SMILES string of the molecule is CCN1C(=O)C(C)(C)C(=O)N(C)c2cc(CN(CCn3ccc4oc(C)cc4c3=O)Cc3cncc(F)c3)ccc21. The number of anilines is 2. The summed E-state index contributed by atoms with van der Waals surface area (Å²) in [5.41, 5.74) is 2.16. The first-order valence-electron chi connectivity index (χ1n) is 13.6. The second-order valence-electron chi connectivity index (χ2n) is 11.0. The van der Waals surface area contributed by atoms with Gasteiger partial charge in [-0.2, -0.15) is 0 Å². The van der Waals surface area contributed by atoms with Crippen LogP contribution >= 0.6 is 0 Å². The number of fused-ring (bicyclic) bond motifs is 2. The lowest BCUT2D eigenvalue weighted by Crippen LogP contribution is -2.47. The average molecular weight is 560 g/mol. The van der Waals surface area contributed by atoms with Crippen molar-refractivity contribution in [2.45, 2.75) is 47.3 Å². The largest absolute Gasteiger partial charge is 0.461 e. The Bertz CT molecular complexity index is 1690. The Morgan fingerprint density at radius 2 is 1.73 bits per heavy atom. The normalized spacial score (nSPS) is 15.1. The molecule has 5 rings (SSSR count). The van der Waals surface area contributed by atoms with Gasteiger partial charge in [-0.25, -0.2) is 4.39 Å². The second-order valence-corrected chi connectivity index (χ2v) is 11.0. The summed E-state index contributed by atoms with van der Waals surface area (Å²) in [6.45, 7) is 9.17. The summed E-state index contributed by atoms with van der Waals surface area (Å²) in [6, 6.07) is 10.7. The van der Waals surface area contributed by atoms with Crippen LogP contribution in [0.3, 0.4) is 0 Å². The molecule has 4 heterocycles. The fraction of sp³-hybridized carbons (Fsp3) is 0.355. The molecule has 0 unspecified atom stereocenters. The molecule has 0 fully saturated rings. The topological polar surface area (TPSA) is 91.9 Å². The molecule has 0 spiro atoms. The number of amides is 2. The first kappa shape index (κ1) is 28.2. The summed E-state index contributed by atoms with van der Waals surface area (Å²) in [4.78, 5) is 48.9. The Balaban J connectivity index is 1.46. The van der Waals surface area contributed by atoms with E-state index in [1.165, 1.54) is 6.07 Å². The van der Waals surface area contributed by atoms with Crippen molar-refractivity contribution >= 4 is 34.2 Å². The van der Waals surface area contributed by atoms with E-state index in [-0.39, 0.29) is 17.4 Å². The fourth-order valence-corrected chi connectivity index (χ4v) is 5.45. The van der Waals surface area contributed by atoms with E-state index in [1.807, 2.05) is 25.1 Å². The van der Waals surface area contributed by atoms with Crippen LogP contribution in [0.15, 0.2) is 64.2 Å². The summed E-state index contributed by atoms with van der Waals surface area (Å²) in [5, 5.41) is 0.530. The molecule has 41 heavy (non-hydrogen) atoms. The Morgan fingerprint density at radius 1 is 0.976 bits per heavy atom. The maximum atomic E-state index is 14.0. The van der Waals surface area contributed by atoms with Crippen LogP contribution in [0.25, 0.3) is 11.0 Å². The number of rotatable bonds is 8. The number of nitrogens with zero attached hydrogens (tertiary/aromatic N) is 5. The number of carbonyl (C=O) groups excluding carboxylic acids is 2. The maximum absolute atomic E-state index is 14.0. The maximum Gasteiger partial charge on any atom is 0.261 e. The minimum absolute atomic E-state index is 0.135. The lowest BCUT2D eigenvalue weighted by atomic mass is 9.90. The Hall–Kier alpha value is -4.31. The summed E-state index contributed by atoms with van der Waals surface area (Å²) >= 11 is 0. The Kier molecular flexibility index (Phi) is 7.52. The highest BCUT2D eigenvalue weighted by atomic mass is 19.1. The third-order valence-electron chi connectivity index (χ3n) is 7.64. The number of benzene rings is 1. The van der Waals surface area contributed by atoms with E-state index in [2.05, 4.69) is 9.88 Å². The first-order chi connectivity index (χ1) is 19.5. The highest BCUT2D eigenvalue weighted by molar-refractivity contribution is 6.19. The highest BCUT2D eigenvalue weighted by Gasteiger charge is 2.45. The molecule has 1 aromatic carbocycles. The summed E-state index contributed by atoms with van der Waals surface area (Å²) in [7, 11) is 1.69. The Morgan fingerprint density at radius 3 is 2.46 bits per heavy atom. The molecule has 0 atom stereocenters. The molecule has 1 aliphatic rings. The van der Waals surface area contributed by atoms with Crippen molar-refractivity contribution in [1.82, 2.24) is 14.5 Å². The fourth-order valence-electron chi connectivity index (χ4n) is 5.45. The van der Waals surface area contributed by atoms with Crippen LogP contribution < -0.4 is 15.4 Å². The number of furan rings is 1. The molecule has 10 heteroatoms. The van der Waals surface area contributed by atoms with E-state index in [1.54, 1.807) is 66.7 Å². The van der Waals surface area contributed by atoms with Crippen LogP contribution in [-0.4, -0.2) is 46.4 Å². The van der Waals surface area contributed by atoms with Crippen molar-refractivity contribution in [1.29, 1.82) is 0 Å². The molecule has 4 aromatic rings. The minimum atomic E-state index is -1.19. The first-order valence-corrected chi connectivity index (χ1v) is 13.6. The van der Waals surface area contributed by atoms with Crippen LogP contribution in [-0.2, 0) is 29.2 Å². The molecule has 3 aromatic heterocycles. The van der Waals surface area contributed by atoms with E-state index in [0.29, 0.717) is 66.4 Å². The third kappa shape index (κ3) is 5.39. The average Bonchev–Trinajstić information content (AvgIpc) is 3.31. The number of hydrogen-bond acceptors (Lipinski definition) is 6. The zero-order valence-corrected chi connectivity index (χ0v) is 24.0. The molecule has 0 N–H and O–H groups in total. The standard InChI is InChI=1S/C31H34FN5O4/c1-6-37-25-8-7-21(15-26(25)34(5)29(39)31(3,4)30(37)40)18-35(19-22-14-23(32)17-33-16-22)11-12-36-10-9-27-24(28(36)38)13-20(2)41-27/h7-10,13-17H,6,11-12,18-19H2,1-5H3. The highest BCUT2D eigenvalue weighted by Crippen LogP contribution is 2.39. The number of hydrogen-bond donors (Lipinski definition) is 0. The summed E-state index contributed by atoms with van der Waals surface area (Å²) in [6.07, 6.45) is 4.51. The van der Waals surface area contributed by atoms with Crippen LogP contribution in [0.5, 0.6) is 0 Å². The van der Waals surface area contributed by atoms with Crippen molar-refractivity contribution in [3.63, 3.8) is 0 Å². The van der Waals surface area contributed by atoms with Gasteiger partial charge in [0.2, 0.25) is 11.8 Å². The number of halogens is 1. The van der Waals surface area contributed by atoms with E-state index < -0.39 is 11.2 Å². The van der Waals surface area contributed by atoms with E-state index >= 15 is 0 Å². The smallest absolute Gasteiger partial charge is 0.261 e. The molecule has 1 aliphatic heterocycles. The van der Waals surface area contributed by atoms with Crippen LogP contribution in [0, 0.1) is 18.2 Å². The van der Waals surface area contributed by atoms with E-state index in [0.717, 1.165) is 11.8 Å². The minimum Gasteiger partial charge on any atom is -0.461 e. The molecule has 0 saturated carbocycles. The number of pyridine rings is 2. The van der Waals surface area contributed by atoms with Crippen molar-refractivity contribution in [3.8, 4) is 0 Å². The monoisotopic (exact) mass is 559 g/mol. The predicted molar refractivity (Wildman–Crippen MR) is 155 cm³/mol. The molecule has 0 saturated heterocycles. The third-order valence-corrected chi connectivity index (χ3v) is 7.64. The van der Waals surface area contributed by atoms with Crippen molar-refractivity contribution in [3.05, 3.63) is 88.0 Å². The molecule has 2 amide bonds. The summed E-state index contributed by atoms with van der Waals surface area (Å²) in [5.74, 6) is -0.257. The van der Waals surface area contributed by atoms with Crippen LogP contribution in [0.2, 0.25) is 0 Å². The zero-order chi connectivity index (χ0) is 29.5. The van der Waals surface area contributed by atoms with Gasteiger partial charge >= 0.3 is 0 Å². The van der Waals surface area contributed by atoms with Crippen LogP contribution in [0.1, 0.15) is 37.7 Å². The molecule has 0 radical (unpaired) electrons. The number of carbonyl (C=O) groups is 2. The summed E-state index contributed by atoms with van der Waals surface area (Å²) < 4.78 is 21.2. The van der Waals surface area contributed by atoms with Crippen LogP contribution in [0.4, 0.5) is 15.8 Å². The second kappa shape index (κ2) is 10.9. The molecular formula is C31H34FN5O4. The quantitative estimate of drug-likeness (QED) is 0.296. The molecule has 0 aliphatic carbocycles. The lowest BCUT2D eigenvalue weighted by molar-refractivity contribution is -0.137. The van der Waals surface area contributed by atoms with Gasteiger partial charge in [0.25, 0.3) is 5.56 Å². The molecule has 214 valence electrons. The predicted octanol–water partition coefficient (Wildman–Crippen LogP) is 4.49. The number of aromatic nitrogens is 2. The van der Waals surface area contributed by atoms with Gasteiger partial charge in [-0.3, -0.25) is 24.3 Å². The van der Waals surface area contributed by atoms with Gasteiger partial charge in [0.05, 0.1) is 23.0 Å². The van der Waals surface area contributed by atoms with Gasteiger partial charge in [-0.15, -0.1) is 0 Å². The van der Waals surface area contributed by atoms with Crippen molar-refractivity contribution < 1.29 is 18.4 Å². The van der Waals surface area contributed by atoms with Gasteiger partial charge in [-0.1, -0.05) is 6.07 Å². The number of aryl methyl sites for hydroxylation is 1. The van der Waals surface area contributed by atoms with E-state index in [9.17, 15) is 18.8 Å². The van der Waals surface area contributed by atoms with Gasteiger partial charge in [-0.05, 0) is 69.2 Å². The Labute approximate surface area is 237 Å². The van der Waals surface area contributed by atoms with Gasteiger partial charge in [0, 0.05) is 52.2 Å². The van der Waals surface area contributed by atoms with Gasteiger partial charge in [0.1, 0.15) is 22.6 Å². The van der Waals surface area contributed by atoms with Crippen molar-refractivity contribution in [2.75, 3.05) is 29.9 Å². The van der Waals surface area contributed by atoms with Crippen molar-refractivity contribution in [2.24, 2.45) is 5.41 Å². The zero-order valence-electron chi connectivity index (χ0n) is 24.0. The molecular weight excluding hydrogens is 525 g/mol. The van der Waals surface area contributed by atoms with Gasteiger partial charge in [0.15, 0.2) is 0 Å².